The molecular formula is C13H26N2O4S. The first kappa shape index (κ1) is 19.1. The van der Waals surface area contributed by atoms with Gasteiger partial charge in [-0.3, -0.25) is 9.35 Å². The average molecular weight is 306 g/mol. The molecular weight excluding hydrogens is 280 g/mol. The molecule has 2 atom stereocenters. The molecule has 0 aromatic heterocycles. The number of nitrogens with zero attached hydrogens (tertiary/aromatic N) is 1. The van der Waals surface area contributed by atoms with Crippen molar-refractivity contribution >= 4 is 16.0 Å². The van der Waals surface area contributed by atoms with Gasteiger partial charge in [0.1, 0.15) is 0 Å². The fourth-order valence-electron chi connectivity index (χ4n) is 1.84. The molecule has 6 nitrogen and oxygen atoms in total. The van der Waals surface area contributed by atoms with Gasteiger partial charge in [0.05, 0.1) is 4.75 Å². The van der Waals surface area contributed by atoms with Gasteiger partial charge in [-0.25, -0.2) is 0 Å². The summed E-state index contributed by atoms with van der Waals surface area (Å²) in [5.41, 5.74) is 0.360. The van der Waals surface area contributed by atoms with E-state index in [0.29, 0.717) is 12.1 Å². The van der Waals surface area contributed by atoms with E-state index >= 15 is 0 Å². The third kappa shape index (κ3) is 6.02. The Morgan fingerprint density at radius 1 is 1.45 bits per heavy atom. The van der Waals surface area contributed by atoms with Gasteiger partial charge in [-0.2, -0.15) is 8.42 Å². The topological polar surface area (TPSA) is 86.7 Å². The summed E-state index contributed by atoms with van der Waals surface area (Å²) in [7, 11) is -0.552. The molecule has 0 aliphatic heterocycles. The number of amides is 1. The van der Waals surface area contributed by atoms with Crippen molar-refractivity contribution in [3.8, 4) is 0 Å². The van der Waals surface area contributed by atoms with Gasteiger partial charge in [-0.1, -0.05) is 6.58 Å². The molecule has 0 aromatic rings. The highest BCUT2D eigenvalue weighted by Crippen LogP contribution is 2.26. The molecule has 0 spiro atoms. The van der Waals surface area contributed by atoms with E-state index in [0.717, 1.165) is 0 Å². The Morgan fingerprint density at radius 2 is 1.95 bits per heavy atom. The Bertz CT molecular complexity index is 459. The van der Waals surface area contributed by atoms with E-state index in [1.165, 1.54) is 6.92 Å². The van der Waals surface area contributed by atoms with Gasteiger partial charge >= 0.3 is 0 Å². The van der Waals surface area contributed by atoms with E-state index < -0.39 is 14.9 Å². The number of carbonyl (C=O) groups is 1. The highest BCUT2D eigenvalue weighted by molar-refractivity contribution is 7.87. The molecule has 0 saturated heterocycles. The number of carbonyl (C=O) groups excluding carboxylic acids is 1. The molecule has 0 heterocycles. The van der Waals surface area contributed by atoms with Crippen molar-refractivity contribution < 1.29 is 17.8 Å². The maximum atomic E-state index is 11.6. The summed E-state index contributed by atoms with van der Waals surface area (Å²) in [6.45, 7) is 8.83. The second-order valence-electron chi connectivity index (χ2n) is 5.84. The Morgan fingerprint density at radius 3 is 2.30 bits per heavy atom. The highest BCUT2D eigenvalue weighted by Gasteiger charge is 2.39. The minimum atomic E-state index is -4.21. The zero-order valence-electron chi connectivity index (χ0n) is 12.9. The molecule has 2 N–H and O–H groups in total. The molecule has 2 unspecified atom stereocenters. The van der Waals surface area contributed by atoms with Gasteiger partial charge in [0.2, 0.25) is 5.91 Å². The summed E-state index contributed by atoms with van der Waals surface area (Å²) >= 11 is 0. The highest BCUT2D eigenvalue weighted by atomic mass is 32.2. The van der Waals surface area contributed by atoms with E-state index in [1.54, 1.807) is 13.8 Å². The van der Waals surface area contributed by atoms with Crippen LogP contribution in [-0.2, 0) is 14.9 Å². The number of hydrogen-bond acceptors (Lipinski definition) is 4. The SMILES string of the molecule is C=C(C)C(=O)NC(C)CC(C)(CCN(C)C)S(=O)(=O)O. The lowest BCUT2D eigenvalue weighted by Gasteiger charge is -2.30. The van der Waals surface area contributed by atoms with E-state index in [9.17, 15) is 17.8 Å². The molecule has 7 heteroatoms. The molecule has 0 aliphatic carbocycles. The second-order valence-corrected chi connectivity index (χ2v) is 7.77. The quantitative estimate of drug-likeness (QED) is 0.517. The molecule has 0 bridgehead atoms. The van der Waals surface area contributed by atoms with Gasteiger partial charge in [0, 0.05) is 11.6 Å². The average Bonchev–Trinajstić information content (AvgIpc) is 2.24. The van der Waals surface area contributed by atoms with Gasteiger partial charge in [-0.15, -0.1) is 0 Å². The fourth-order valence-corrected chi connectivity index (χ4v) is 2.65. The van der Waals surface area contributed by atoms with Crippen LogP contribution in [0.4, 0.5) is 0 Å². The van der Waals surface area contributed by atoms with Crippen LogP contribution in [0.25, 0.3) is 0 Å². The lowest BCUT2D eigenvalue weighted by molar-refractivity contribution is -0.118. The summed E-state index contributed by atoms with van der Waals surface area (Å²) in [5.74, 6) is -0.317. The Kier molecular flexibility index (Phi) is 6.86. The first-order valence-corrected chi connectivity index (χ1v) is 7.91. The van der Waals surface area contributed by atoms with Crippen molar-refractivity contribution in [2.45, 2.75) is 44.4 Å². The minimum absolute atomic E-state index is 0.138. The Balaban J connectivity index is 4.91. The summed E-state index contributed by atoms with van der Waals surface area (Å²) in [6.07, 6.45) is 0.421. The van der Waals surface area contributed by atoms with E-state index in [-0.39, 0.29) is 24.8 Å². The van der Waals surface area contributed by atoms with Gasteiger partial charge < -0.3 is 10.2 Å². The van der Waals surface area contributed by atoms with Crippen LogP contribution in [-0.4, -0.2) is 55.2 Å². The van der Waals surface area contributed by atoms with Crippen molar-refractivity contribution in [1.29, 1.82) is 0 Å². The first-order valence-electron chi connectivity index (χ1n) is 6.47. The summed E-state index contributed by atoms with van der Waals surface area (Å²) < 4.78 is 31.4. The fraction of sp³-hybridized carbons (Fsp3) is 0.769. The Hall–Kier alpha value is -0.920. The molecule has 118 valence electrons. The molecule has 0 fully saturated rings. The first-order chi connectivity index (χ1) is 8.89. The predicted molar refractivity (Wildman–Crippen MR) is 80.2 cm³/mol. The number of rotatable bonds is 8. The number of hydrogen-bond donors (Lipinski definition) is 2. The monoisotopic (exact) mass is 306 g/mol. The maximum absolute atomic E-state index is 11.6. The predicted octanol–water partition coefficient (Wildman–Crippen LogP) is 1.06. The van der Waals surface area contributed by atoms with E-state index in [1.807, 2.05) is 19.0 Å². The van der Waals surface area contributed by atoms with Crippen LogP contribution in [0.1, 0.15) is 33.6 Å². The van der Waals surface area contributed by atoms with Crippen LogP contribution in [0.2, 0.25) is 0 Å². The van der Waals surface area contributed by atoms with Crippen LogP contribution in [0, 0.1) is 0 Å². The molecule has 0 aliphatic rings. The Labute approximate surface area is 122 Å². The van der Waals surface area contributed by atoms with E-state index in [2.05, 4.69) is 11.9 Å². The zero-order chi connectivity index (χ0) is 16.1. The smallest absolute Gasteiger partial charge is 0.270 e. The van der Waals surface area contributed by atoms with Crippen LogP contribution in [0.15, 0.2) is 12.2 Å². The van der Waals surface area contributed by atoms with Crippen LogP contribution < -0.4 is 5.32 Å². The van der Waals surface area contributed by atoms with Crippen molar-refractivity contribution in [2.75, 3.05) is 20.6 Å². The van der Waals surface area contributed by atoms with Crippen molar-refractivity contribution in [3.05, 3.63) is 12.2 Å². The minimum Gasteiger partial charge on any atom is -0.350 e. The van der Waals surface area contributed by atoms with Gasteiger partial charge in [0.25, 0.3) is 10.1 Å². The molecule has 0 rings (SSSR count). The third-order valence-electron chi connectivity index (χ3n) is 3.21. The maximum Gasteiger partial charge on any atom is 0.270 e. The molecule has 20 heavy (non-hydrogen) atoms. The van der Waals surface area contributed by atoms with Crippen molar-refractivity contribution in [3.63, 3.8) is 0 Å². The summed E-state index contributed by atoms with van der Waals surface area (Å²) in [6, 6.07) is -0.381. The molecule has 1 amide bonds. The lowest BCUT2D eigenvalue weighted by atomic mass is 9.97. The van der Waals surface area contributed by atoms with Crippen molar-refractivity contribution in [1.82, 2.24) is 10.2 Å². The van der Waals surface area contributed by atoms with Gasteiger partial charge in [-0.05, 0) is 54.3 Å². The van der Waals surface area contributed by atoms with Crippen molar-refractivity contribution in [2.24, 2.45) is 0 Å². The second kappa shape index (κ2) is 7.19. The van der Waals surface area contributed by atoms with E-state index in [4.69, 9.17) is 0 Å². The summed E-state index contributed by atoms with van der Waals surface area (Å²) in [5, 5.41) is 2.67. The normalized spacial score (nSPS) is 16.6. The zero-order valence-corrected chi connectivity index (χ0v) is 13.7. The van der Waals surface area contributed by atoms with Crippen LogP contribution >= 0.6 is 0 Å². The molecule has 0 saturated carbocycles. The third-order valence-corrected chi connectivity index (χ3v) is 4.83. The molecule has 0 aromatic carbocycles. The largest absolute Gasteiger partial charge is 0.350 e. The number of nitrogens with one attached hydrogen (secondary N) is 1. The summed E-state index contributed by atoms with van der Waals surface area (Å²) in [4.78, 5) is 13.4. The molecule has 0 radical (unpaired) electrons. The van der Waals surface area contributed by atoms with Crippen LogP contribution in [0.3, 0.4) is 0 Å². The lowest BCUT2D eigenvalue weighted by Crippen LogP contribution is -2.45. The van der Waals surface area contributed by atoms with Crippen LogP contribution in [0.5, 0.6) is 0 Å². The standard InChI is InChI=1S/C13H26N2O4S/c1-10(2)12(16)14-11(3)9-13(4,20(17,18)19)7-8-15(5)6/h11H,1,7-9H2,2-6H3,(H,14,16)(H,17,18,19). The van der Waals surface area contributed by atoms with Gasteiger partial charge in [0.15, 0.2) is 0 Å².